The zero-order valence-electron chi connectivity index (χ0n) is 8.93. The topological polar surface area (TPSA) is 20.2 Å². The summed E-state index contributed by atoms with van der Waals surface area (Å²) in [6.07, 6.45) is -0.413. The summed E-state index contributed by atoms with van der Waals surface area (Å²) in [4.78, 5) is 0. The van der Waals surface area contributed by atoms with Gasteiger partial charge in [0.2, 0.25) is 0 Å². The molecule has 16 heavy (non-hydrogen) atoms. The van der Waals surface area contributed by atoms with Crippen LogP contribution in [-0.4, -0.2) is 5.11 Å². The minimum absolute atomic E-state index is 0.137. The first-order valence-electron chi connectivity index (χ1n) is 4.95. The summed E-state index contributed by atoms with van der Waals surface area (Å²) in [6, 6.07) is 1.84. The van der Waals surface area contributed by atoms with Gasteiger partial charge in [-0.15, -0.1) is 0 Å². The molecule has 0 aliphatic rings. The van der Waals surface area contributed by atoms with Crippen LogP contribution >= 0.6 is 0 Å². The first-order chi connectivity index (χ1) is 7.47. The monoisotopic (exact) mass is 230 g/mol. The van der Waals surface area contributed by atoms with Crippen LogP contribution in [0.2, 0.25) is 0 Å². The largest absolute Gasteiger partial charge is 0.388 e. The second-order valence-corrected chi connectivity index (χ2v) is 3.59. The standard InChI is InChI=1S/C12H13F3O/c1-3-7(2)6-10(16)8-4-5-9(13)12(15)11(8)14/h4-5,10,16H,2-3,6H2,1H3. The van der Waals surface area contributed by atoms with E-state index >= 15 is 0 Å². The maximum atomic E-state index is 13.3. The Bertz CT molecular complexity index is 401. The Morgan fingerprint density at radius 3 is 2.50 bits per heavy atom. The number of halogens is 3. The number of rotatable bonds is 4. The zero-order valence-corrected chi connectivity index (χ0v) is 8.93. The van der Waals surface area contributed by atoms with Crippen molar-refractivity contribution in [2.24, 2.45) is 0 Å². The van der Waals surface area contributed by atoms with Crippen molar-refractivity contribution < 1.29 is 18.3 Å². The number of hydrogen-bond acceptors (Lipinski definition) is 1. The van der Waals surface area contributed by atoms with Crippen molar-refractivity contribution in [2.75, 3.05) is 0 Å². The fourth-order valence-corrected chi connectivity index (χ4v) is 1.33. The molecule has 1 atom stereocenters. The van der Waals surface area contributed by atoms with E-state index in [1.165, 1.54) is 0 Å². The van der Waals surface area contributed by atoms with Crippen LogP contribution in [0.15, 0.2) is 24.3 Å². The highest BCUT2D eigenvalue weighted by Crippen LogP contribution is 2.26. The molecule has 0 fully saturated rings. The predicted octanol–water partition coefficient (Wildman–Crippen LogP) is 3.49. The Kier molecular flexibility index (Phi) is 4.12. The molecule has 0 aromatic heterocycles. The molecule has 1 N–H and O–H groups in total. The first-order valence-corrected chi connectivity index (χ1v) is 4.95. The third kappa shape index (κ3) is 2.64. The summed E-state index contributed by atoms with van der Waals surface area (Å²) in [5, 5.41) is 9.63. The van der Waals surface area contributed by atoms with Gasteiger partial charge in [-0.2, -0.15) is 0 Å². The highest BCUT2D eigenvalue weighted by atomic mass is 19.2. The fraction of sp³-hybridized carbons (Fsp3) is 0.333. The average molecular weight is 230 g/mol. The van der Waals surface area contributed by atoms with Crippen molar-refractivity contribution >= 4 is 0 Å². The molecule has 0 saturated heterocycles. The quantitative estimate of drug-likeness (QED) is 0.620. The molecule has 0 amide bonds. The molecule has 1 aromatic rings. The molecule has 1 rings (SSSR count). The molecule has 0 bridgehead atoms. The van der Waals surface area contributed by atoms with Crippen molar-refractivity contribution in [1.82, 2.24) is 0 Å². The third-order valence-corrected chi connectivity index (χ3v) is 2.41. The molecule has 0 heterocycles. The van der Waals surface area contributed by atoms with Gasteiger partial charge in [-0.05, 0) is 18.9 Å². The average Bonchev–Trinajstić information content (AvgIpc) is 2.25. The summed E-state index contributed by atoms with van der Waals surface area (Å²) in [5.41, 5.74) is 0.477. The number of aliphatic hydroxyl groups is 1. The van der Waals surface area contributed by atoms with Crippen molar-refractivity contribution in [3.8, 4) is 0 Å². The van der Waals surface area contributed by atoms with Crippen LogP contribution in [0, 0.1) is 17.5 Å². The van der Waals surface area contributed by atoms with Crippen LogP contribution < -0.4 is 0 Å². The molecule has 1 nitrogen and oxygen atoms in total. The van der Waals surface area contributed by atoms with Crippen LogP contribution in [0.25, 0.3) is 0 Å². The van der Waals surface area contributed by atoms with Crippen LogP contribution in [-0.2, 0) is 0 Å². The summed E-state index contributed by atoms with van der Waals surface area (Å²) >= 11 is 0. The minimum Gasteiger partial charge on any atom is -0.388 e. The van der Waals surface area contributed by atoms with Crippen LogP contribution in [0.3, 0.4) is 0 Å². The number of benzene rings is 1. The molecule has 0 aliphatic carbocycles. The lowest BCUT2D eigenvalue weighted by Gasteiger charge is -2.13. The van der Waals surface area contributed by atoms with Crippen LogP contribution in [0.1, 0.15) is 31.4 Å². The van der Waals surface area contributed by atoms with E-state index in [-0.39, 0.29) is 12.0 Å². The Labute approximate surface area is 92.2 Å². The van der Waals surface area contributed by atoms with Crippen LogP contribution in [0.5, 0.6) is 0 Å². The van der Waals surface area contributed by atoms with Crippen molar-refractivity contribution in [2.45, 2.75) is 25.9 Å². The maximum Gasteiger partial charge on any atom is 0.194 e. The highest BCUT2D eigenvalue weighted by Gasteiger charge is 2.19. The molecule has 4 heteroatoms. The minimum atomic E-state index is -1.56. The second kappa shape index (κ2) is 5.16. The lowest BCUT2D eigenvalue weighted by atomic mass is 10.0. The van der Waals surface area contributed by atoms with Gasteiger partial charge in [0.1, 0.15) is 0 Å². The van der Waals surface area contributed by atoms with E-state index < -0.39 is 23.6 Å². The lowest BCUT2D eigenvalue weighted by Crippen LogP contribution is -2.05. The number of hydrogen-bond donors (Lipinski definition) is 1. The van der Waals surface area contributed by atoms with Gasteiger partial charge in [-0.3, -0.25) is 0 Å². The van der Waals surface area contributed by atoms with Gasteiger partial charge < -0.3 is 5.11 Å². The molecule has 88 valence electrons. The van der Waals surface area contributed by atoms with Crippen LogP contribution in [0.4, 0.5) is 13.2 Å². The molecule has 0 saturated carbocycles. The van der Waals surface area contributed by atoms with Gasteiger partial charge in [-0.25, -0.2) is 13.2 Å². The SMILES string of the molecule is C=C(CC)CC(O)c1ccc(F)c(F)c1F. The van der Waals surface area contributed by atoms with E-state index in [9.17, 15) is 18.3 Å². The number of aliphatic hydroxyl groups excluding tert-OH is 1. The van der Waals surface area contributed by atoms with E-state index in [0.717, 1.165) is 17.7 Å². The maximum absolute atomic E-state index is 13.3. The highest BCUT2D eigenvalue weighted by molar-refractivity contribution is 5.23. The molecule has 1 unspecified atom stereocenters. The van der Waals surface area contributed by atoms with Gasteiger partial charge in [0.05, 0.1) is 6.10 Å². The van der Waals surface area contributed by atoms with E-state index in [4.69, 9.17) is 0 Å². The van der Waals surface area contributed by atoms with Gasteiger partial charge in [-0.1, -0.05) is 25.1 Å². The summed E-state index contributed by atoms with van der Waals surface area (Å²) in [7, 11) is 0. The van der Waals surface area contributed by atoms with Gasteiger partial charge >= 0.3 is 0 Å². The van der Waals surface area contributed by atoms with Crippen molar-refractivity contribution in [3.05, 3.63) is 47.3 Å². The summed E-state index contributed by atoms with van der Waals surface area (Å²) in [5.74, 6) is -4.15. The molecule has 0 spiro atoms. The summed E-state index contributed by atoms with van der Waals surface area (Å²) < 4.78 is 38.8. The fourth-order valence-electron chi connectivity index (χ4n) is 1.33. The van der Waals surface area contributed by atoms with Crippen molar-refractivity contribution in [3.63, 3.8) is 0 Å². The van der Waals surface area contributed by atoms with E-state index in [1.54, 1.807) is 0 Å². The molecule has 1 aromatic carbocycles. The smallest absolute Gasteiger partial charge is 0.194 e. The lowest BCUT2D eigenvalue weighted by molar-refractivity contribution is 0.171. The van der Waals surface area contributed by atoms with Crippen molar-refractivity contribution in [1.29, 1.82) is 0 Å². The zero-order chi connectivity index (χ0) is 12.3. The van der Waals surface area contributed by atoms with E-state index in [0.29, 0.717) is 6.42 Å². The molecular formula is C12H13F3O. The van der Waals surface area contributed by atoms with Gasteiger partial charge in [0, 0.05) is 5.56 Å². The van der Waals surface area contributed by atoms with E-state index in [1.807, 2.05) is 6.92 Å². The Morgan fingerprint density at radius 2 is 1.94 bits per heavy atom. The Balaban J connectivity index is 2.96. The third-order valence-electron chi connectivity index (χ3n) is 2.41. The summed E-state index contributed by atoms with van der Waals surface area (Å²) in [6.45, 7) is 5.50. The second-order valence-electron chi connectivity index (χ2n) is 3.59. The van der Waals surface area contributed by atoms with E-state index in [2.05, 4.69) is 6.58 Å². The van der Waals surface area contributed by atoms with Gasteiger partial charge in [0.15, 0.2) is 17.5 Å². The Hall–Kier alpha value is -1.29. The predicted molar refractivity (Wildman–Crippen MR) is 55.3 cm³/mol. The molecular weight excluding hydrogens is 217 g/mol. The molecule has 0 aliphatic heterocycles. The Morgan fingerprint density at radius 1 is 1.31 bits per heavy atom. The normalized spacial score (nSPS) is 12.6. The first kappa shape index (κ1) is 12.8. The van der Waals surface area contributed by atoms with Gasteiger partial charge in [0.25, 0.3) is 0 Å². The molecule has 0 radical (unpaired) electrons.